The van der Waals surface area contributed by atoms with E-state index in [1.807, 2.05) is 48.5 Å². The number of hydrogen-bond acceptors (Lipinski definition) is 4. The lowest BCUT2D eigenvalue weighted by molar-refractivity contribution is 0.0950. The molecule has 5 nitrogen and oxygen atoms in total. The van der Waals surface area contributed by atoms with Gasteiger partial charge in [0.15, 0.2) is 11.5 Å². The van der Waals surface area contributed by atoms with Gasteiger partial charge >= 0.3 is 0 Å². The number of ether oxygens (including phenoxy) is 2. The highest BCUT2D eigenvalue weighted by molar-refractivity contribution is 5.93. The van der Waals surface area contributed by atoms with Crippen molar-refractivity contribution in [2.24, 2.45) is 0 Å². The summed E-state index contributed by atoms with van der Waals surface area (Å²) in [6.45, 7) is 0.433. The molecule has 3 aromatic rings. The van der Waals surface area contributed by atoms with E-state index in [4.69, 9.17) is 9.47 Å². The molecule has 5 heteroatoms. The van der Waals surface area contributed by atoms with Crippen molar-refractivity contribution >= 4 is 5.91 Å². The molecular formula is C20H18N2O3. The maximum Gasteiger partial charge on any atom is 0.253 e. The highest BCUT2D eigenvalue weighted by Gasteiger charge is 2.06. The van der Waals surface area contributed by atoms with E-state index in [1.165, 1.54) is 0 Å². The van der Waals surface area contributed by atoms with Crippen LogP contribution in [0.4, 0.5) is 0 Å². The largest absolute Gasteiger partial charge is 0.493 e. The van der Waals surface area contributed by atoms with Crippen LogP contribution < -0.4 is 14.8 Å². The highest BCUT2D eigenvalue weighted by Crippen LogP contribution is 2.30. The molecule has 2 aromatic carbocycles. The third kappa shape index (κ3) is 4.35. The van der Waals surface area contributed by atoms with Gasteiger partial charge in [0.1, 0.15) is 5.75 Å². The monoisotopic (exact) mass is 334 g/mol. The number of rotatable bonds is 6. The molecule has 0 fully saturated rings. The lowest BCUT2D eigenvalue weighted by Gasteiger charge is -2.10. The maximum atomic E-state index is 12.0. The number of nitrogens with zero attached hydrogens (tertiary/aromatic N) is 1. The molecule has 1 aromatic heterocycles. The van der Waals surface area contributed by atoms with Gasteiger partial charge in [-0.25, -0.2) is 0 Å². The molecular weight excluding hydrogens is 316 g/mol. The molecule has 0 aliphatic heterocycles. The molecule has 0 aliphatic rings. The van der Waals surface area contributed by atoms with Crippen LogP contribution in [0.15, 0.2) is 73.1 Å². The zero-order chi connectivity index (χ0) is 17.5. The topological polar surface area (TPSA) is 60.5 Å². The summed E-state index contributed by atoms with van der Waals surface area (Å²) in [7, 11) is 1.61. The van der Waals surface area contributed by atoms with E-state index in [2.05, 4.69) is 10.3 Å². The van der Waals surface area contributed by atoms with Crippen LogP contribution in [0.25, 0.3) is 0 Å². The fourth-order valence-corrected chi connectivity index (χ4v) is 2.29. The average molecular weight is 334 g/mol. The predicted octanol–water partition coefficient (Wildman–Crippen LogP) is 3.81. The Morgan fingerprint density at radius 2 is 1.76 bits per heavy atom. The van der Waals surface area contributed by atoms with Crippen LogP contribution in [0, 0.1) is 0 Å². The first kappa shape index (κ1) is 16.5. The SMILES string of the molecule is COc1ccccc1Oc1ccc(CNC(=O)c2cccnc2)cc1. The Kier molecular flexibility index (Phi) is 5.26. The number of methoxy groups -OCH3 is 1. The van der Waals surface area contributed by atoms with Crippen molar-refractivity contribution < 1.29 is 14.3 Å². The quantitative estimate of drug-likeness (QED) is 0.744. The molecule has 0 spiro atoms. The van der Waals surface area contributed by atoms with Crippen molar-refractivity contribution in [3.63, 3.8) is 0 Å². The van der Waals surface area contributed by atoms with E-state index in [9.17, 15) is 4.79 Å². The second-order valence-corrected chi connectivity index (χ2v) is 5.32. The van der Waals surface area contributed by atoms with Gasteiger partial charge in [-0.1, -0.05) is 24.3 Å². The van der Waals surface area contributed by atoms with E-state index in [0.717, 1.165) is 5.56 Å². The minimum Gasteiger partial charge on any atom is -0.493 e. The van der Waals surface area contributed by atoms with Gasteiger partial charge in [0.25, 0.3) is 5.91 Å². The van der Waals surface area contributed by atoms with E-state index in [-0.39, 0.29) is 5.91 Å². The van der Waals surface area contributed by atoms with Gasteiger partial charge in [0.2, 0.25) is 0 Å². The number of hydrogen-bond donors (Lipinski definition) is 1. The molecule has 0 saturated heterocycles. The van der Waals surface area contributed by atoms with Crippen molar-refractivity contribution in [1.82, 2.24) is 10.3 Å². The molecule has 25 heavy (non-hydrogen) atoms. The molecule has 126 valence electrons. The molecule has 1 heterocycles. The van der Waals surface area contributed by atoms with Crippen LogP contribution in [-0.2, 0) is 6.54 Å². The first-order valence-corrected chi connectivity index (χ1v) is 7.84. The minimum absolute atomic E-state index is 0.151. The maximum absolute atomic E-state index is 12.0. The van der Waals surface area contributed by atoms with Crippen molar-refractivity contribution in [1.29, 1.82) is 0 Å². The molecule has 0 bridgehead atoms. The van der Waals surface area contributed by atoms with E-state index in [0.29, 0.717) is 29.4 Å². The first-order valence-electron chi connectivity index (χ1n) is 7.84. The number of benzene rings is 2. The third-order valence-electron chi connectivity index (χ3n) is 3.60. The normalized spacial score (nSPS) is 10.1. The summed E-state index contributed by atoms with van der Waals surface area (Å²) in [6.07, 6.45) is 3.18. The second-order valence-electron chi connectivity index (χ2n) is 5.32. The standard InChI is InChI=1S/C20H18N2O3/c1-24-18-6-2-3-7-19(18)25-17-10-8-15(9-11-17)13-22-20(23)16-5-4-12-21-14-16/h2-12,14H,13H2,1H3,(H,22,23). The van der Waals surface area contributed by atoms with Crippen molar-refractivity contribution in [2.45, 2.75) is 6.54 Å². The molecule has 1 N–H and O–H groups in total. The minimum atomic E-state index is -0.151. The Morgan fingerprint density at radius 3 is 2.44 bits per heavy atom. The zero-order valence-corrected chi connectivity index (χ0v) is 13.8. The lowest BCUT2D eigenvalue weighted by Crippen LogP contribution is -2.22. The van der Waals surface area contributed by atoms with E-state index < -0.39 is 0 Å². The Hall–Kier alpha value is -3.34. The number of nitrogens with one attached hydrogen (secondary N) is 1. The fourth-order valence-electron chi connectivity index (χ4n) is 2.29. The average Bonchev–Trinajstić information content (AvgIpc) is 2.68. The van der Waals surface area contributed by atoms with Crippen LogP contribution in [0.3, 0.4) is 0 Å². The molecule has 0 saturated carbocycles. The van der Waals surface area contributed by atoms with Crippen molar-refractivity contribution in [3.05, 3.63) is 84.2 Å². The Balaban J connectivity index is 1.60. The summed E-state index contributed by atoms with van der Waals surface area (Å²) in [5.74, 6) is 1.88. The number of aromatic nitrogens is 1. The summed E-state index contributed by atoms with van der Waals surface area (Å²) >= 11 is 0. The molecule has 3 rings (SSSR count). The number of para-hydroxylation sites is 2. The molecule has 1 amide bonds. The zero-order valence-electron chi connectivity index (χ0n) is 13.8. The Labute approximate surface area is 146 Å². The van der Waals surface area contributed by atoms with Crippen LogP contribution in [0.2, 0.25) is 0 Å². The second kappa shape index (κ2) is 7.97. The van der Waals surface area contributed by atoms with Gasteiger partial charge in [0.05, 0.1) is 12.7 Å². The summed E-state index contributed by atoms with van der Waals surface area (Å²) in [5.41, 5.74) is 1.52. The van der Waals surface area contributed by atoms with Crippen molar-refractivity contribution in [3.8, 4) is 17.2 Å². The van der Waals surface area contributed by atoms with E-state index in [1.54, 1.807) is 31.6 Å². The van der Waals surface area contributed by atoms with Gasteiger partial charge in [-0.3, -0.25) is 9.78 Å². The number of amides is 1. The summed E-state index contributed by atoms with van der Waals surface area (Å²) in [4.78, 5) is 15.9. The van der Waals surface area contributed by atoms with Gasteiger partial charge in [0, 0.05) is 18.9 Å². The van der Waals surface area contributed by atoms with Crippen molar-refractivity contribution in [2.75, 3.05) is 7.11 Å². The fraction of sp³-hybridized carbons (Fsp3) is 0.100. The summed E-state index contributed by atoms with van der Waals surface area (Å²) in [5, 5.41) is 2.86. The lowest BCUT2D eigenvalue weighted by atomic mass is 10.2. The molecule has 0 aliphatic carbocycles. The summed E-state index contributed by atoms with van der Waals surface area (Å²) < 4.78 is 11.1. The van der Waals surface area contributed by atoms with Gasteiger partial charge in [-0.05, 0) is 42.0 Å². The molecule has 0 unspecified atom stereocenters. The van der Waals surface area contributed by atoms with Crippen LogP contribution in [-0.4, -0.2) is 18.0 Å². The Bertz CT molecular complexity index is 833. The third-order valence-corrected chi connectivity index (χ3v) is 3.60. The van der Waals surface area contributed by atoms with Crippen LogP contribution in [0.1, 0.15) is 15.9 Å². The highest BCUT2D eigenvalue weighted by atomic mass is 16.5. The Morgan fingerprint density at radius 1 is 1.00 bits per heavy atom. The number of carbonyl (C=O) groups excluding carboxylic acids is 1. The van der Waals surface area contributed by atoms with Gasteiger partial charge in [-0.15, -0.1) is 0 Å². The smallest absolute Gasteiger partial charge is 0.253 e. The number of carbonyl (C=O) groups is 1. The van der Waals surface area contributed by atoms with E-state index >= 15 is 0 Å². The molecule has 0 atom stereocenters. The predicted molar refractivity (Wildman–Crippen MR) is 94.9 cm³/mol. The van der Waals surface area contributed by atoms with Gasteiger partial charge in [-0.2, -0.15) is 0 Å². The molecule has 0 radical (unpaired) electrons. The first-order chi connectivity index (χ1) is 12.3. The summed E-state index contributed by atoms with van der Waals surface area (Å²) in [6, 6.07) is 18.5. The van der Waals surface area contributed by atoms with Crippen LogP contribution >= 0.6 is 0 Å². The number of pyridine rings is 1. The van der Waals surface area contributed by atoms with Gasteiger partial charge < -0.3 is 14.8 Å². The van der Waals surface area contributed by atoms with Crippen LogP contribution in [0.5, 0.6) is 17.2 Å².